The summed E-state index contributed by atoms with van der Waals surface area (Å²) in [6.07, 6.45) is 8.70. The molecule has 82 valence electrons. The average molecular weight is 208 g/mol. The number of carbonyl (C=O) groups excluding carboxylic acids is 1. The second-order valence-electron chi connectivity index (χ2n) is 3.32. The standard InChI is InChI=1S/C11H16N2O2/c1-2-3-4-5-6-15-11(14)10-7-12-9-13-8-10/h7-9H,2-6H2,1H3. The third kappa shape index (κ3) is 4.54. The first kappa shape index (κ1) is 11.6. The van der Waals surface area contributed by atoms with Crippen LogP contribution in [0.15, 0.2) is 18.7 Å². The maximum Gasteiger partial charge on any atom is 0.341 e. The molecule has 1 rings (SSSR count). The number of rotatable bonds is 6. The highest BCUT2D eigenvalue weighted by Gasteiger charge is 2.06. The molecule has 0 radical (unpaired) electrons. The van der Waals surface area contributed by atoms with Gasteiger partial charge in [0.15, 0.2) is 0 Å². The molecule has 0 aliphatic carbocycles. The SMILES string of the molecule is CCCCCCOC(=O)c1cncnc1. The lowest BCUT2D eigenvalue weighted by molar-refractivity contribution is 0.0497. The Balaban J connectivity index is 2.20. The lowest BCUT2D eigenvalue weighted by Crippen LogP contribution is -2.07. The van der Waals surface area contributed by atoms with E-state index >= 15 is 0 Å². The van der Waals surface area contributed by atoms with E-state index in [1.165, 1.54) is 31.6 Å². The van der Waals surface area contributed by atoms with Gasteiger partial charge in [0.05, 0.1) is 12.2 Å². The van der Waals surface area contributed by atoms with Crippen LogP contribution in [0.25, 0.3) is 0 Å². The highest BCUT2D eigenvalue weighted by Crippen LogP contribution is 2.01. The monoisotopic (exact) mass is 208 g/mol. The summed E-state index contributed by atoms with van der Waals surface area (Å²) in [4.78, 5) is 18.9. The fourth-order valence-electron chi connectivity index (χ4n) is 1.18. The van der Waals surface area contributed by atoms with E-state index in [1.807, 2.05) is 0 Å². The van der Waals surface area contributed by atoms with E-state index in [1.54, 1.807) is 0 Å². The van der Waals surface area contributed by atoms with Crippen LogP contribution in [-0.2, 0) is 4.74 Å². The first-order valence-electron chi connectivity index (χ1n) is 5.26. The largest absolute Gasteiger partial charge is 0.462 e. The maximum atomic E-state index is 11.4. The molecule has 1 heterocycles. The smallest absolute Gasteiger partial charge is 0.341 e. The fourth-order valence-corrected chi connectivity index (χ4v) is 1.18. The van der Waals surface area contributed by atoms with Gasteiger partial charge in [-0.1, -0.05) is 26.2 Å². The molecule has 0 bridgehead atoms. The molecule has 0 fully saturated rings. The molecule has 0 spiro atoms. The van der Waals surface area contributed by atoms with Gasteiger partial charge < -0.3 is 4.74 Å². The van der Waals surface area contributed by atoms with Crippen molar-refractivity contribution in [1.82, 2.24) is 9.97 Å². The fraction of sp³-hybridized carbons (Fsp3) is 0.545. The molecule has 4 heteroatoms. The van der Waals surface area contributed by atoms with Crippen LogP contribution < -0.4 is 0 Å². The van der Waals surface area contributed by atoms with Gasteiger partial charge in [0.2, 0.25) is 0 Å². The third-order valence-corrected chi connectivity index (χ3v) is 2.03. The molecule has 15 heavy (non-hydrogen) atoms. The molecular formula is C11H16N2O2. The Kier molecular flexibility index (Phi) is 5.37. The summed E-state index contributed by atoms with van der Waals surface area (Å²) < 4.78 is 5.06. The van der Waals surface area contributed by atoms with Gasteiger partial charge in [-0.3, -0.25) is 0 Å². The number of carbonyl (C=O) groups is 1. The summed E-state index contributed by atoms with van der Waals surface area (Å²) in [6.45, 7) is 2.63. The maximum absolute atomic E-state index is 11.4. The van der Waals surface area contributed by atoms with E-state index in [0.29, 0.717) is 12.2 Å². The van der Waals surface area contributed by atoms with E-state index in [2.05, 4.69) is 16.9 Å². The first-order valence-corrected chi connectivity index (χ1v) is 5.26. The van der Waals surface area contributed by atoms with Crippen molar-refractivity contribution in [1.29, 1.82) is 0 Å². The van der Waals surface area contributed by atoms with Crippen LogP contribution in [0, 0.1) is 0 Å². The molecule has 0 aliphatic rings. The van der Waals surface area contributed by atoms with Crippen LogP contribution >= 0.6 is 0 Å². The van der Waals surface area contributed by atoms with E-state index in [-0.39, 0.29) is 5.97 Å². The summed E-state index contributed by atoms with van der Waals surface area (Å²) in [7, 11) is 0. The second-order valence-corrected chi connectivity index (χ2v) is 3.32. The van der Waals surface area contributed by atoms with Gasteiger partial charge in [-0.25, -0.2) is 14.8 Å². The zero-order valence-electron chi connectivity index (χ0n) is 8.98. The van der Waals surface area contributed by atoms with Crippen LogP contribution in [0.1, 0.15) is 43.0 Å². The number of hydrogen-bond acceptors (Lipinski definition) is 4. The van der Waals surface area contributed by atoms with Crippen molar-refractivity contribution in [2.75, 3.05) is 6.61 Å². The third-order valence-electron chi connectivity index (χ3n) is 2.03. The normalized spacial score (nSPS) is 9.93. The Hall–Kier alpha value is -1.45. The van der Waals surface area contributed by atoms with Crippen LogP contribution in [0.4, 0.5) is 0 Å². The van der Waals surface area contributed by atoms with Crippen molar-refractivity contribution in [2.24, 2.45) is 0 Å². The number of aromatic nitrogens is 2. The van der Waals surface area contributed by atoms with E-state index < -0.39 is 0 Å². The van der Waals surface area contributed by atoms with Gasteiger partial charge in [-0.15, -0.1) is 0 Å². The molecule has 0 N–H and O–H groups in total. The lowest BCUT2D eigenvalue weighted by atomic mass is 10.2. The Morgan fingerprint density at radius 3 is 2.67 bits per heavy atom. The van der Waals surface area contributed by atoms with Gasteiger partial charge in [0.25, 0.3) is 0 Å². The summed E-state index contributed by atoms with van der Waals surface area (Å²) >= 11 is 0. The number of esters is 1. The van der Waals surface area contributed by atoms with Crippen molar-refractivity contribution in [3.8, 4) is 0 Å². The molecule has 1 aromatic rings. The summed E-state index contributed by atoms with van der Waals surface area (Å²) in [5.41, 5.74) is 0.410. The van der Waals surface area contributed by atoms with Gasteiger partial charge >= 0.3 is 5.97 Å². The predicted octanol–water partition coefficient (Wildman–Crippen LogP) is 2.21. The highest BCUT2D eigenvalue weighted by atomic mass is 16.5. The minimum atomic E-state index is -0.341. The van der Waals surface area contributed by atoms with Crippen LogP contribution in [-0.4, -0.2) is 22.5 Å². The number of hydrogen-bond donors (Lipinski definition) is 0. The van der Waals surface area contributed by atoms with Crippen molar-refractivity contribution in [3.05, 3.63) is 24.3 Å². The highest BCUT2D eigenvalue weighted by molar-refractivity contribution is 5.88. The molecule has 0 aromatic carbocycles. The van der Waals surface area contributed by atoms with Gasteiger partial charge in [-0.2, -0.15) is 0 Å². The number of unbranched alkanes of at least 4 members (excludes halogenated alkanes) is 3. The zero-order valence-corrected chi connectivity index (χ0v) is 8.98. The quantitative estimate of drug-likeness (QED) is 0.531. The van der Waals surface area contributed by atoms with Crippen LogP contribution in [0.5, 0.6) is 0 Å². The molecule has 1 aromatic heterocycles. The average Bonchev–Trinajstić information content (AvgIpc) is 2.30. The van der Waals surface area contributed by atoms with E-state index in [0.717, 1.165) is 12.8 Å². The molecule has 0 atom stereocenters. The molecule has 0 amide bonds. The van der Waals surface area contributed by atoms with E-state index in [4.69, 9.17) is 4.74 Å². The minimum absolute atomic E-state index is 0.341. The Bertz CT molecular complexity index is 288. The van der Waals surface area contributed by atoms with Crippen molar-refractivity contribution in [3.63, 3.8) is 0 Å². The molecule has 0 saturated heterocycles. The van der Waals surface area contributed by atoms with Crippen molar-refractivity contribution >= 4 is 5.97 Å². The summed E-state index contributed by atoms with van der Waals surface area (Å²) in [5, 5.41) is 0. The molecule has 0 unspecified atom stereocenters. The first-order chi connectivity index (χ1) is 7.34. The Labute approximate surface area is 89.7 Å². The van der Waals surface area contributed by atoms with Gasteiger partial charge in [0.1, 0.15) is 6.33 Å². The Morgan fingerprint density at radius 2 is 2.00 bits per heavy atom. The molecule has 4 nitrogen and oxygen atoms in total. The van der Waals surface area contributed by atoms with Crippen molar-refractivity contribution < 1.29 is 9.53 Å². The van der Waals surface area contributed by atoms with E-state index in [9.17, 15) is 4.79 Å². The number of ether oxygens (including phenoxy) is 1. The number of nitrogens with zero attached hydrogens (tertiary/aromatic N) is 2. The predicted molar refractivity (Wildman–Crippen MR) is 56.5 cm³/mol. The van der Waals surface area contributed by atoms with Gasteiger partial charge in [0, 0.05) is 12.4 Å². The zero-order chi connectivity index (χ0) is 10.9. The van der Waals surface area contributed by atoms with Crippen LogP contribution in [0.3, 0.4) is 0 Å². The summed E-state index contributed by atoms with van der Waals surface area (Å²) in [6, 6.07) is 0. The molecule has 0 saturated carbocycles. The molecular weight excluding hydrogens is 192 g/mol. The second kappa shape index (κ2) is 6.92. The van der Waals surface area contributed by atoms with Crippen molar-refractivity contribution in [2.45, 2.75) is 32.6 Å². The molecule has 0 aliphatic heterocycles. The van der Waals surface area contributed by atoms with Crippen LogP contribution in [0.2, 0.25) is 0 Å². The minimum Gasteiger partial charge on any atom is -0.462 e. The summed E-state index contributed by atoms with van der Waals surface area (Å²) in [5.74, 6) is -0.341. The van der Waals surface area contributed by atoms with Gasteiger partial charge in [-0.05, 0) is 6.42 Å². The topological polar surface area (TPSA) is 52.1 Å². The Morgan fingerprint density at radius 1 is 1.27 bits per heavy atom. The lowest BCUT2D eigenvalue weighted by Gasteiger charge is -2.03.